The van der Waals surface area contributed by atoms with Gasteiger partial charge in [0.2, 0.25) is 5.91 Å². The monoisotopic (exact) mass is 391 g/mol. The zero-order valence-corrected chi connectivity index (χ0v) is 13.6. The van der Waals surface area contributed by atoms with E-state index in [0.717, 1.165) is 11.3 Å². The van der Waals surface area contributed by atoms with Crippen molar-refractivity contribution in [3.63, 3.8) is 0 Å². The van der Waals surface area contributed by atoms with Crippen LogP contribution in [-0.4, -0.2) is 37.0 Å². The molecule has 2 N–H and O–H groups in total. The summed E-state index contributed by atoms with van der Waals surface area (Å²) in [6.07, 6.45) is -0.411. The number of rotatable bonds is 6. The third kappa shape index (κ3) is 6.09. The maximum Gasteiger partial charge on any atom is 0.409 e. The first-order chi connectivity index (χ1) is 9.52. The largest absolute Gasteiger partial charge is 0.445 e. The number of hydrogen-bond acceptors (Lipinski definition) is 4. The number of carbonyl (C=O) groups is 2. The molecule has 0 radical (unpaired) electrons. The molecular weight excluding hydrogens is 373 g/mol. The predicted molar refractivity (Wildman–Crippen MR) is 85.6 cm³/mol. The topological polar surface area (TPSA) is 70.7 Å². The zero-order chi connectivity index (χ0) is 15.0. The van der Waals surface area contributed by atoms with E-state index in [9.17, 15) is 9.59 Å². The van der Waals surface area contributed by atoms with E-state index in [4.69, 9.17) is 4.74 Å². The quantitative estimate of drug-likeness (QED) is 0.576. The highest BCUT2D eigenvalue weighted by Gasteiger charge is 2.09. The number of carbonyl (C=O) groups excluding carboxylic acids is 2. The Morgan fingerprint density at radius 3 is 2.50 bits per heavy atom. The molecule has 0 fully saturated rings. The van der Waals surface area contributed by atoms with E-state index in [1.807, 2.05) is 24.3 Å². The first kappa shape index (κ1) is 16.5. The smallest absolute Gasteiger partial charge is 0.409 e. The van der Waals surface area contributed by atoms with Crippen molar-refractivity contribution in [2.45, 2.75) is 13.5 Å². The van der Waals surface area contributed by atoms with Gasteiger partial charge in [-0.15, -0.1) is 0 Å². The lowest BCUT2D eigenvalue weighted by molar-refractivity contribution is -0.119. The zero-order valence-electron chi connectivity index (χ0n) is 11.5. The molecule has 20 heavy (non-hydrogen) atoms. The SMILES string of the molecule is CC(=O)NCCN(C)C(=O)OCc1ccc(NI)cc1. The van der Waals surface area contributed by atoms with Gasteiger partial charge in [-0.3, -0.25) is 4.79 Å². The van der Waals surface area contributed by atoms with Gasteiger partial charge >= 0.3 is 6.09 Å². The Hall–Kier alpha value is -1.51. The summed E-state index contributed by atoms with van der Waals surface area (Å²) < 4.78 is 8.16. The summed E-state index contributed by atoms with van der Waals surface area (Å²) in [6, 6.07) is 7.61. The van der Waals surface area contributed by atoms with Gasteiger partial charge in [0, 0.05) is 32.7 Å². The van der Waals surface area contributed by atoms with E-state index in [0.29, 0.717) is 13.1 Å². The van der Waals surface area contributed by atoms with Crippen LogP contribution in [0.4, 0.5) is 10.5 Å². The number of amides is 2. The van der Waals surface area contributed by atoms with Crippen molar-refractivity contribution in [2.75, 3.05) is 23.7 Å². The van der Waals surface area contributed by atoms with Crippen LogP contribution in [0.3, 0.4) is 0 Å². The maximum atomic E-state index is 11.7. The van der Waals surface area contributed by atoms with Crippen LogP contribution in [0, 0.1) is 0 Å². The normalized spacial score (nSPS) is 9.75. The molecule has 0 bridgehead atoms. The Bertz CT molecular complexity index is 451. The van der Waals surface area contributed by atoms with Gasteiger partial charge in [-0.05, 0) is 17.7 Å². The van der Waals surface area contributed by atoms with Crippen LogP contribution < -0.4 is 8.85 Å². The summed E-state index contributed by atoms with van der Waals surface area (Å²) in [6.45, 7) is 2.49. The van der Waals surface area contributed by atoms with Gasteiger partial charge in [-0.2, -0.15) is 0 Å². The number of ether oxygens (including phenoxy) is 1. The highest BCUT2D eigenvalue weighted by Crippen LogP contribution is 2.12. The van der Waals surface area contributed by atoms with Gasteiger partial charge in [0.05, 0.1) is 22.9 Å². The minimum atomic E-state index is -0.411. The summed E-state index contributed by atoms with van der Waals surface area (Å²) >= 11 is 2.05. The van der Waals surface area contributed by atoms with E-state index >= 15 is 0 Å². The number of halogens is 1. The van der Waals surface area contributed by atoms with Crippen LogP contribution in [0.2, 0.25) is 0 Å². The molecule has 0 aliphatic rings. The van der Waals surface area contributed by atoms with E-state index in [-0.39, 0.29) is 12.5 Å². The number of benzene rings is 1. The molecule has 0 atom stereocenters. The van der Waals surface area contributed by atoms with Gasteiger partial charge in [0.25, 0.3) is 0 Å². The van der Waals surface area contributed by atoms with Crippen LogP contribution in [0.1, 0.15) is 12.5 Å². The highest BCUT2D eigenvalue weighted by atomic mass is 127. The van der Waals surface area contributed by atoms with Crippen molar-refractivity contribution in [3.05, 3.63) is 29.8 Å². The summed E-state index contributed by atoms with van der Waals surface area (Å²) in [5.74, 6) is -0.115. The van der Waals surface area contributed by atoms with Gasteiger partial charge in [0.1, 0.15) is 6.61 Å². The Labute approximate surface area is 132 Å². The van der Waals surface area contributed by atoms with Crippen LogP contribution in [0.5, 0.6) is 0 Å². The average molecular weight is 391 g/mol. The lowest BCUT2D eigenvalue weighted by Crippen LogP contribution is -2.35. The Morgan fingerprint density at radius 1 is 1.30 bits per heavy atom. The predicted octanol–water partition coefficient (Wildman–Crippen LogP) is 2.15. The Balaban J connectivity index is 2.32. The average Bonchev–Trinajstić information content (AvgIpc) is 2.44. The van der Waals surface area contributed by atoms with Gasteiger partial charge in [-0.25, -0.2) is 4.79 Å². The van der Waals surface area contributed by atoms with E-state index < -0.39 is 6.09 Å². The number of likely N-dealkylation sites (N-methyl/N-ethyl adjacent to an activating group) is 1. The number of nitrogens with one attached hydrogen (secondary N) is 2. The number of anilines is 1. The first-order valence-corrected chi connectivity index (χ1v) is 7.18. The minimum Gasteiger partial charge on any atom is -0.445 e. The fourth-order valence-electron chi connectivity index (χ4n) is 1.41. The fraction of sp³-hybridized carbons (Fsp3) is 0.385. The molecule has 2 amide bonds. The molecular formula is C13H18IN3O3. The first-order valence-electron chi connectivity index (χ1n) is 6.11. The molecule has 7 heteroatoms. The van der Waals surface area contributed by atoms with E-state index in [1.165, 1.54) is 11.8 Å². The molecule has 1 rings (SSSR count). The molecule has 6 nitrogen and oxygen atoms in total. The second kappa shape index (κ2) is 8.62. The highest BCUT2D eigenvalue weighted by molar-refractivity contribution is 14.1. The molecule has 0 aliphatic heterocycles. The summed E-state index contributed by atoms with van der Waals surface area (Å²) in [5, 5.41) is 2.62. The Morgan fingerprint density at radius 2 is 1.95 bits per heavy atom. The molecule has 1 aromatic rings. The van der Waals surface area contributed by atoms with Gasteiger partial charge in [0.15, 0.2) is 0 Å². The molecule has 1 aromatic carbocycles. The van der Waals surface area contributed by atoms with Crippen LogP contribution >= 0.6 is 22.9 Å². The summed E-state index contributed by atoms with van der Waals surface area (Å²) in [5.41, 5.74) is 1.91. The van der Waals surface area contributed by atoms with Gasteiger partial charge < -0.3 is 18.5 Å². The van der Waals surface area contributed by atoms with E-state index in [2.05, 4.69) is 31.7 Å². The van der Waals surface area contributed by atoms with Crippen molar-refractivity contribution >= 4 is 40.6 Å². The van der Waals surface area contributed by atoms with Crippen LogP contribution in [-0.2, 0) is 16.1 Å². The fourth-order valence-corrected chi connectivity index (χ4v) is 1.77. The maximum absolute atomic E-state index is 11.7. The molecule has 0 heterocycles. The molecule has 0 aliphatic carbocycles. The summed E-state index contributed by atoms with van der Waals surface area (Å²) in [7, 11) is 1.63. The molecule has 110 valence electrons. The van der Waals surface area contributed by atoms with Crippen molar-refractivity contribution in [2.24, 2.45) is 0 Å². The molecule has 0 saturated heterocycles. The molecule has 0 saturated carbocycles. The second-order valence-electron chi connectivity index (χ2n) is 4.25. The van der Waals surface area contributed by atoms with Crippen LogP contribution in [0.15, 0.2) is 24.3 Å². The third-order valence-corrected chi connectivity index (χ3v) is 3.18. The number of nitrogens with zero attached hydrogens (tertiary/aromatic N) is 1. The van der Waals surface area contributed by atoms with Crippen molar-refractivity contribution in [1.29, 1.82) is 0 Å². The molecule has 0 aromatic heterocycles. The van der Waals surface area contributed by atoms with E-state index in [1.54, 1.807) is 7.05 Å². The van der Waals surface area contributed by atoms with Crippen molar-refractivity contribution in [3.8, 4) is 0 Å². The lowest BCUT2D eigenvalue weighted by Gasteiger charge is -2.17. The summed E-state index contributed by atoms with van der Waals surface area (Å²) in [4.78, 5) is 23.8. The third-order valence-electron chi connectivity index (χ3n) is 2.56. The van der Waals surface area contributed by atoms with Crippen molar-refractivity contribution in [1.82, 2.24) is 10.2 Å². The lowest BCUT2D eigenvalue weighted by atomic mass is 10.2. The van der Waals surface area contributed by atoms with Crippen LogP contribution in [0.25, 0.3) is 0 Å². The number of hydrogen-bond donors (Lipinski definition) is 2. The molecule has 0 spiro atoms. The Kier molecular flexibility index (Phi) is 7.13. The second-order valence-corrected chi connectivity index (χ2v) is 4.79. The molecule has 0 unspecified atom stereocenters. The van der Waals surface area contributed by atoms with Gasteiger partial charge in [-0.1, -0.05) is 12.1 Å². The minimum absolute atomic E-state index is 0.115. The standard InChI is InChI=1S/C13H18IN3O3/c1-10(18)15-7-8-17(2)13(19)20-9-11-3-5-12(16-14)6-4-11/h3-6,16H,7-9H2,1-2H3,(H,15,18). The van der Waals surface area contributed by atoms with Crippen molar-refractivity contribution < 1.29 is 14.3 Å².